The van der Waals surface area contributed by atoms with Crippen LogP contribution < -0.4 is 19.7 Å². The summed E-state index contributed by atoms with van der Waals surface area (Å²) in [5.74, 6) is 1.34. The zero-order valence-electron chi connectivity index (χ0n) is 16.4. The molecule has 1 N–H and O–H groups in total. The maximum Gasteiger partial charge on any atom is 0.258 e. The number of hydrogen-bond donors (Lipinski definition) is 1. The highest BCUT2D eigenvalue weighted by atomic mass is 16.5. The molecule has 0 aliphatic carbocycles. The van der Waals surface area contributed by atoms with Gasteiger partial charge in [0.05, 0.1) is 26.1 Å². The van der Waals surface area contributed by atoms with E-state index >= 15 is 0 Å². The minimum absolute atomic E-state index is 0.0998. The van der Waals surface area contributed by atoms with Crippen LogP contribution in [0.3, 0.4) is 0 Å². The smallest absolute Gasteiger partial charge is 0.258 e. The molecule has 1 aliphatic heterocycles. The number of methoxy groups -OCH3 is 1. The summed E-state index contributed by atoms with van der Waals surface area (Å²) in [7, 11) is 1.66. The maximum absolute atomic E-state index is 12.6. The van der Waals surface area contributed by atoms with Crippen LogP contribution in [0.2, 0.25) is 0 Å². The molecule has 5 heteroatoms. The maximum atomic E-state index is 12.6. The molecule has 0 saturated carbocycles. The van der Waals surface area contributed by atoms with E-state index in [4.69, 9.17) is 9.47 Å². The van der Waals surface area contributed by atoms with E-state index in [9.17, 15) is 4.79 Å². The van der Waals surface area contributed by atoms with Crippen LogP contribution in [0, 0.1) is 0 Å². The van der Waals surface area contributed by atoms with Crippen molar-refractivity contribution in [2.75, 3.05) is 25.3 Å². The number of benzene rings is 3. The fourth-order valence-electron chi connectivity index (χ4n) is 3.53. The van der Waals surface area contributed by atoms with Gasteiger partial charge in [0.1, 0.15) is 17.1 Å². The Morgan fingerprint density at radius 1 is 0.966 bits per heavy atom. The first-order chi connectivity index (χ1) is 14.2. The van der Waals surface area contributed by atoms with Crippen molar-refractivity contribution in [3.63, 3.8) is 0 Å². The summed E-state index contributed by atoms with van der Waals surface area (Å²) in [6.07, 6.45) is 0.791. The zero-order valence-corrected chi connectivity index (χ0v) is 16.4. The number of nitrogens with one attached hydrogen (secondary N) is 1. The Kier molecular flexibility index (Phi) is 5.66. The fraction of sp³-hybridized carbons (Fsp3) is 0.208. The average molecular weight is 388 g/mol. The van der Waals surface area contributed by atoms with E-state index < -0.39 is 0 Å². The van der Waals surface area contributed by atoms with Crippen molar-refractivity contribution in [2.24, 2.45) is 0 Å². The molecule has 0 aromatic heterocycles. The van der Waals surface area contributed by atoms with Crippen molar-refractivity contribution in [3.05, 3.63) is 89.5 Å². The number of carbonyl (C=O) groups is 1. The molecule has 1 aliphatic rings. The first-order valence-electron chi connectivity index (χ1n) is 9.70. The van der Waals surface area contributed by atoms with Crippen molar-refractivity contribution in [1.29, 1.82) is 0 Å². The molecule has 0 unspecified atom stereocenters. The first kappa shape index (κ1) is 18.9. The topological polar surface area (TPSA) is 50.8 Å². The van der Waals surface area contributed by atoms with Gasteiger partial charge in [-0.15, -0.1) is 0 Å². The summed E-state index contributed by atoms with van der Waals surface area (Å²) < 4.78 is 11.3. The van der Waals surface area contributed by atoms with Crippen LogP contribution in [0.15, 0.2) is 72.8 Å². The summed E-state index contributed by atoms with van der Waals surface area (Å²) in [4.78, 5) is 14.7. The normalized spacial score (nSPS) is 12.9. The molecule has 29 heavy (non-hydrogen) atoms. The van der Waals surface area contributed by atoms with E-state index in [1.807, 2.05) is 54.6 Å². The van der Waals surface area contributed by atoms with Crippen LogP contribution in [-0.4, -0.2) is 26.3 Å². The quantitative estimate of drug-likeness (QED) is 0.664. The Balaban J connectivity index is 1.52. The van der Waals surface area contributed by atoms with Gasteiger partial charge in [0, 0.05) is 13.0 Å². The highest BCUT2D eigenvalue weighted by Gasteiger charge is 2.26. The first-order valence-corrected chi connectivity index (χ1v) is 9.70. The second-order valence-corrected chi connectivity index (χ2v) is 6.95. The van der Waals surface area contributed by atoms with Gasteiger partial charge in [-0.25, -0.2) is 0 Å². The summed E-state index contributed by atoms with van der Waals surface area (Å²) in [5, 5.41) is 2.96. The minimum atomic E-state index is -0.0998. The fourth-order valence-corrected chi connectivity index (χ4v) is 3.53. The molecule has 5 nitrogen and oxygen atoms in total. The lowest BCUT2D eigenvalue weighted by molar-refractivity contribution is 0.0943. The molecular weight excluding hydrogens is 364 g/mol. The molecular formula is C24H24N2O3. The Bertz CT molecular complexity index is 988. The molecule has 148 valence electrons. The van der Waals surface area contributed by atoms with E-state index in [1.54, 1.807) is 7.11 Å². The van der Waals surface area contributed by atoms with Gasteiger partial charge in [0.15, 0.2) is 0 Å². The molecule has 0 fully saturated rings. The summed E-state index contributed by atoms with van der Waals surface area (Å²) in [6.45, 7) is 1.64. The van der Waals surface area contributed by atoms with E-state index in [1.165, 1.54) is 5.56 Å². The summed E-state index contributed by atoms with van der Waals surface area (Å²) in [5.41, 5.74) is 3.80. The Morgan fingerprint density at radius 2 is 1.76 bits per heavy atom. The number of amides is 1. The molecule has 0 radical (unpaired) electrons. The standard InChI is InChI=1S/C24H24N2O3/c1-28-20-10-5-9-19(15-20)16-26-17-25-24(27)23-21(26)11-6-12-22(23)29-14-13-18-7-3-2-4-8-18/h2-12,15H,13-14,16-17H2,1H3,(H,25,27). The highest BCUT2D eigenvalue weighted by molar-refractivity contribution is 6.04. The molecule has 0 bridgehead atoms. The third-order valence-corrected chi connectivity index (χ3v) is 5.00. The van der Waals surface area contributed by atoms with Gasteiger partial charge in [0.2, 0.25) is 0 Å². The largest absolute Gasteiger partial charge is 0.497 e. The van der Waals surface area contributed by atoms with Crippen molar-refractivity contribution in [2.45, 2.75) is 13.0 Å². The van der Waals surface area contributed by atoms with E-state index in [-0.39, 0.29) is 5.91 Å². The zero-order chi connectivity index (χ0) is 20.1. The number of ether oxygens (including phenoxy) is 2. The van der Waals surface area contributed by atoms with Gasteiger partial charge < -0.3 is 19.7 Å². The molecule has 0 spiro atoms. The second-order valence-electron chi connectivity index (χ2n) is 6.95. The van der Waals surface area contributed by atoms with Gasteiger partial charge >= 0.3 is 0 Å². The molecule has 4 rings (SSSR count). The van der Waals surface area contributed by atoms with Crippen molar-refractivity contribution < 1.29 is 14.3 Å². The van der Waals surface area contributed by atoms with Crippen LogP contribution in [-0.2, 0) is 13.0 Å². The van der Waals surface area contributed by atoms with Gasteiger partial charge in [-0.2, -0.15) is 0 Å². The number of anilines is 1. The van der Waals surface area contributed by atoms with Crippen LogP contribution in [0.4, 0.5) is 5.69 Å². The monoisotopic (exact) mass is 388 g/mol. The van der Waals surface area contributed by atoms with Crippen LogP contribution >= 0.6 is 0 Å². The van der Waals surface area contributed by atoms with Gasteiger partial charge in [0.25, 0.3) is 5.91 Å². The number of nitrogens with zero attached hydrogens (tertiary/aromatic N) is 1. The van der Waals surface area contributed by atoms with Crippen molar-refractivity contribution in [1.82, 2.24) is 5.32 Å². The summed E-state index contributed by atoms with van der Waals surface area (Å²) in [6, 6.07) is 23.9. The Morgan fingerprint density at radius 3 is 2.59 bits per heavy atom. The third-order valence-electron chi connectivity index (χ3n) is 5.00. The SMILES string of the molecule is COc1cccc(CN2CNC(=O)c3c(OCCc4ccccc4)cccc32)c1. The minimum Gasteiger partial charge on any atom is -0.497 e. The highest BCUT2D eigenvalue weighted by Crippen LogP contribution is 2.33. The van der Waals surface area contributed by atoms with Crippen LogP contribution in [0.5, 0.6) is 11.5 Å². The van der Waals surface area contributed by atoms with Gasteiger partial charge in [-0.1, -0.05) is 48.5 Å². The second kappa shape index (κ2) is 8.69. The average Bonchev–Trinajstić information content (AvgIpc) is 2.77. The van der Waals surface area contributed by atoms with E-state index in [0.717, 1.165) is 23.4 Å². The van der Waals surface area contributed by atoms with Crippen LogP contribution in [0.1, 0.15) is 21.5 Å². The third kappa shape index (κ3) is 4.35. The lowest BCUT2D eigenvalue weighted by atomic mass is 10.1. The van der Waals surface area contributed by atoms with Gasteiger partial charge in [-0.05, 0) is 35.4 Å². The van der Waals surface area contributed by atoms with E-state index in [0.29, 0.717) is 31.1 Å². The van der Waals surface area contributed by atoms with E-state index in [2.05, 4.69) is 28.4 Å². The lowest BCUT2D eigenvalue weighted by Gasteiger charge is -2.32. The number of fused-ring (bicyclic) bond motifs is 1. The number of carbonyl (C=O) groups excluding carboxylic acids is 1. The molecule has 1 amide bonds. The lowest BCUT2D eigenvalue weighted by Crippen LogP contribution is -2.43. The van der Waals surface area contributed by atoms with Crippen molar-refractivity contribution >= 4 is 11.6 Å². The molecule has 0 atom stereocenters. The number of rotatable bonds is 7. The Labute approximate surface area is 170 Å². The molecule has 3 aromatic rings. The molecule has 1 heterocycles. The number of hydrogen-bond acceptors (Lipinski definition) is 4. The molecule has 3 aromatic carbocycles. The molecule has 0 saturated heterocycles. The predicted molar refractivity (Wildman–Crippen MR) is 114 cm³/mol. The predicted octanol–water partition coefficient (Wildman–Crippen LogP) is 4.02. The summed E-state index contributed by atoms with van der Waals surface area (Å²) >= 11 is 0. The van der Waals surface area contributed by atoms with Gasteiger partial charge in [-0.3, -0.25) is 4.79 Å². The van der Waals surface area contributed by atoms with Crippen molar-refractivity contribution in [3.8, 4) is 11.5 Å². The van der Waals surface area contributed by atoms with Crippen LogP contribution in [0.25, 0.3) is 0 Å². The Hall–Kier alpha value is -3.47.